The quantitative estimate of drug-likeness (QED) is 0.380. The summed E-state index contributed by atoms with van der Waals surface area (Å²) in [6.45, 7) is 12.0. The summed E-state index contributed by atoms with van der Waals surface area (Å²) in [5.41, 5.74) is 5.64. The Morgan fingerprint density at radius 2 is 1.40 bits per heavy atom. The molecular weight excluding hydrogens is 272 g/mol. The van der Waals surface area contributed by atoms with E-state index in [1.165, 1.54) is 0 Å². The molecule has 0 aliphatic rings. The number of hydrogen-bond donors (Lipinski definition) is 2. The third-order valence-corrected chi connectivity index (χ3v) is 5.97. The standard InChI is InChI=1S/C14H34N2O3Si/c1-5-11-17-20(18-12-6-2,19-13-7-3)14(4)16-10-8-9-15/h14,16H,5-13,15H2,1-4H3. The van der Waals surface area contributed by atoms with Gasteiger partial charge in [-0.25, -0.2) is 0 Å². The van der Waals surface area contributed by atoms with Gasteiger partial charge in [-0.1, -0.05) is 20.8 Å². The van der Waals surface area contributed by atoms with Crippen molar-refractivity contribution < 1.29 is 13.3 Å². The first kappa shape index (κ1) is 20.0. The molecule has 0 aromatic rings. The zero-order valence-corrected chi connectivity index (χ0v) is 14.7. The summed E-state index contributed by atoms with van der Waals surface area (Å²) in [5.74, 6) is 0. The van der Waals surface area contributed by atoms with E-state index < -0.39 is 8.80 Å². The summed E-state index contributed by atoms with van der Waals surface area (Å²) in [6.07, 6.45) is 3.85. The molecule has 0 rings (SSSR count). The Kier molecular flexibility index (Phi) is 12.7. The zero-order chi connectivity index (χ0) is 15.3. The molecule has 122 valence electrons. The first-order valence-electron chi connectivity index (χ1n) is 8.02. The molecule has 20 heavy (non-hydrogen) atoms. The Balaban J connectivity index is 4.71. The predicted octanol–water partition coefficient (Wildman–Crippen LogP) is 2.07. The molecule has 5 nitrogen and oxygen atoms in total. The summed E-state index contributed by atoms with van der Waals surface area (Å²) in [6, 6.07) is 0. The molecule has 0 amide bonds. The molecule has 0 fully saturated rings. The van der Waals surface area contributed by atoms with Crippen LogP contribution in [0.4, 0.5) is 0 Å². The van der Waals surface area contributed by atoms with Crippen LogP contribution in [0, 0.1) is 0 Å². The van der Waals surface area contributed by atoms with Gasteiger partial charge in [-0.2, -0.15) is 0 Å². The molecule has 6 heteroatoms. The Hall–Kier alpha value is 0.0169. The van der Waals surface area contributed by atoms with Gasteiger partial charge in [-0.05, 0) is 45.7 Å². The second-order valence-electron chi connectivity index (χ2n) is 4.97. The lowest BCUT2D eigenvalue weighted by Crippen LogP contribution is -2.61. The minimum absolute atomic E-state index is 0.0960. The van der Waals surface area contributed by atoms with Crippen LogP contribution >= 0.6 is 0 Å². The SMILES string of the molecule is CCCO[Si](OCCC)(OCCC)C(C)NCCCN. The van der Waals surface area contributed by atoms with Crippen molar-refractivity contribution in [3.8, 4) is 0 Å². The smallest absolute Gasteiger partial charge is 0.373 e. The Bertz CT molecular complexity index is 199. The van der Waals surface area contributed by atoms with Crippen molar-refractivity contribution in [3.05, 3.63) is 0 Å². The second-order valence-corrected chi connectivity index (χ2v) is 7.91. The van der Waals surface area contributed by atoms with Gasteiger partial charge in [0.2, 0.25) is 0 Å². The molecule has 1 unspecified atom stereocenters. The Morgan fingerprint density at radius 1 is 0.950 bits per heavy atom. The molecule has 1 atom stereocenters. The maximum atomic E-state index is 6.08. The fourth-order valence-electron chi connectivity index (χ4n) is 1.78. The van der Waals surface area contributed by atoms with Crippen LogP contribution in [0.5, 0.6) is 0 Å². The number of rotatable bonds is 14. The first-order chi connectivity index (χ1) is 9.66. The van der Waals surface area contributed by atoms with E-state index >= 15 is 0 Å². The molecule has 0 aromatic carbocycles. The summed E-state index contributed by atoms with van der Waals surface area (Å²) in [5, 5.41) is 3.46. The van der Waals surface area contributed by atoms with E-state index in [1.807, 2.05) is 0 Å². The van der Waals surface area contributed by atoms with Crippen molar-refractivity contribution in [2.45, 2.75) is 59.0 Å². The van der Waals surface area contributed by atoms with E-state index in [0.717, 1.165) is 32.2 Å². The monoisotopic (exact) mass is 306 g/mol. The molecule has 0 bridgehead atoms. The molecule has 0 heterocycles. The third-order valence-electron chi connectivity index (χ3n) is 2.88. The summed E-state index contributed by atoms with van der Waals surface area (Å²) < 4.78 is 18.2. The summed E-state index contributed by atoms with van der Waals surface area (Å²) in [7, 11) is -2.66. The minimum atomic E-state index is -2.66. The molecule has 0 aliphatic carbocycles. The summed E-state index contributed by atoms with van der Waals surface area (Å²) in [4.78, 5) is 0. The van der Waals surface area contributed by atoms with E-state index in [4.69, 9.17) is 19.0 Å². The maximum Gasteiger partial charge on any atom is 0.518 e. The number of nitrogens with one attached hydrogen (secondary N) is 1. The average molecular weight is 307 g/mol. The molecule has 0 spiro atoms. The van der Waals surface area contributed by atoms with Crippen LogP contribution in [0.2, 0.25) is 0 Å². The third kappa shape index (κ3) is 7.71. The maximum absolute atomic E-state index is 6.08. The first-order valence-corrected chi connectivity index (χ1v) is 9.82. The van der Waals surface area contributed by atoms with E-state index in [0.29, 0.717) is 26.4 Å². The van der Waals surface area contributed by atoms with Gasteiger partial charge in [-0.15, -0.1) is 0 Å². The van der Waals surface area contributed by atoms with Gasteiger partial charge in [-0.3, -0.25) is 0 Å². The second kappa shape index (κ2) is 12.7. The van der Waals surface area contributed by atoms with Crippen molar-refractivity contribution in [2.75, 3.05) is 32.9 Å². The van der Waals surface area contributed by atoms with Crippen LogP contribution < -0.4 is 11.1 Å². The van der Waals surface area contributed by atoms with Gasteiger partial charge in [0.25, 0.3) is 0 Å². The fourth-order valence-corrected chi connectivity index (χ4v) is 4.64. The Labute approximate surface area is 125 Å². The van der Waals surface area contributed by atoms with Gasteiger partial charge >= 0.3 is 8.80 Å². The van der Waals surface area contributed by atoms with Crippen molar-refractivity contribution in [1.29, 1.82) is 0 Å². The van der Waals surface area contributed by atoms with Crippen LogP contribution in [0.25, 0.3) is 0 Å². The fraction of sp³-hybridized carbons (Fsp3) is 1.00. The largest absolute Gasteiger partial charge is 0.518 e. The van der Waals surface area contributed by atoms with Crippen molar-refractivity contribution in [2.24, 2.45) is 5.73 Å². The molecule has 0 aliphatic heterocycles. The zero-order valence-electron chi connectivity index (χ0n) is 13.7. The van der Waals surface area contributed by atoms with Crippen molar-refractivity contribution in [1.82, 2.24) is 5.32 Å². The molecule has 0 aromatic heterocycles. The highest BCUT2D eigenvalue weighted by Crippen LogP contribution is 2.17. The highest BCUT2D eigenvalue weighted by atomic mass is 28.4. The van der Waals surface area contributed by atoms with Crippen molar-refractivity contribution in [3.63, 3.8) is 0 Å². The minimum Gasteiger partial charge on any atom is -0.373 e. The van der Waals surface area contributed by atoms with Crippen LogP contribution in [0.3, 0.4) is 0 Å². The number of hydrogen-bond acceptors (Lipinski definition) is 5. The molecule has 3 N–H and O–H groups in total. The van der Waals surface area contributed by atoms with Crippen molar-refractivity contribution >= 4 is 8.80 Å². The average Bonchev–Trinajstić information content (AvgIpc) is 2.47. The van der Waals surface area contributed by atoms with Gasteiger partial charge in [0.15, 0.2) is 0 Å². The normalized spacial score (nSPS) is 13.7. The predicted molar refractivity (Wildman–Crippen MR) is 85.6 cm³/mol. The highest BCUT2D eigenvalue weighted by Gasteiger charge is 2.47. The number of nitrogens with two attached hydrogens (primary N) is 1. The lowest BCUT2D eigenvalue weighted by atomic mass is 10.4. The van der Waals surface area contributed by atoms with Gasteiger partial charge in [0.05, 0.1) is 5.67 Å². The van der Waals surface area contributed by atoms with E-state index in [9.17, 15) is 0 Å². The van der Waals surface area contributed by atoms with E-state index in [-0.39, 0.29) is 5.67 Å². The lowest BCUT2D eigenvalue weighted by molar-refractivity contribution is 0.0484. The van der Waals surface area contributed by atoms with Crippen LogP contribution in [-0.4, -0.2) is 47.4 Å². The van der Waals surface area contributed by atoms with Crippen LogP contribution in [-0.2, 0) is 13.3 Å². The van der Waals surface area contributed by atoms with Gasteiger partial charge in [0, 0.05) is 19.8 Å². The summed E-state index contributed by atoms with van der Waals surface area (Å²) >= 11 is 0. The Morgan fingerprint density at radius 3 is 1.75 bits per heavy atom. The molecule has 0 saturated heterocycles. The lowest BCUT2D eigenvalue weighted by Gasteiger charge is -2.34. The van der Waals surface area contributed by atoms with Gasteiger partial charge < -0.3 is 24.3 Å². The topological polar surface area (TPSA) is 65.7 Å². The highest BCUT2D eigenvalue weighted by molar-refractivity contribution is 6.62. The van der Waals surface area contributed by atoms with E-state index in [2.05, 4.69) is 33.0 Å². The van der Waals surface area contributed by atoms with Crippen LogP contribution in [0.15, 0.2) is 0 Å². The molecular formula is C14H34N2O3Si. The molecule has 0 saturated carbocycles. The van der Waals surface area contributed by atoms with E-state index in [1.54, 1.807) is 0 Å². The molecule has 0 radical (unpaired) electrons. The van der Waals surface area contributed by atoms with Crippen LogP contribution in [0.1, 0.15) is 53.4 Å². The van der Waals surface area contributed by atoms with Gasteiger partial charge in [0.1, 0.15) is 0 Å².